The minimum Gasteiger partial charge on any atom is -0.497 e. The second kappa shape index (κ2) is 8.84. The molecule has 1 heterocycles. The number of piperidine rings is 1. The topological polar surface area (TPSA) is 68.2 Å². The molecule has 0 bridgehead atoms. The number of ether oxygens (including phenoxy) is 3. The van der Waals surface area contributed by atoms with Crippen LogP contribution in [-0.2, 0) is 22.3 Å². The van der Waals surface area contributed by atoms with Crippen molar-refractivity contribution in [2.24, 2.45) is 5.92 Å². The number of hydrogen-bond donors (Lipinski definition) is 1. The Bertz CT molecular complexity index is 633. The first-order valence-corrected chi connectivity index (χ1v) is 9.36. The molecule has 26 heavy (non-hydrogen) atoms. The molecule has 1 N–H and O–H groups in total. The van der Waals surface area contributed by atoms with Crippen LogP contribution in [0.4, 0.5) is 0 Å². The van der Waals surface area contributed by atoms with E-state index in [1.807, 2.05) is 17.0 Å². The van der Waals surface area contributed by atoms with E-state index >= 15 is 0 Å². The first-order valence-electron chi connectivity index (χ1n) is 9.36. The van der Waals surface area contributed by atoms with Crippen molar-refractivity contribution < 1.29 is 24.1 Å². The average Bonchev–Trinajstić information content (AvgIpc) is 3.15. The number of fused-ring (bicyclic) bond motifs is 1. The van der Waals surface area contributed by atoms with Gasteiger partial charge in [0.25, 0.3) is 5.91 Å². The Morgan fingerprint density at radius 1 is 1.23 bits per heavy atom. The molecule has 3 rings (SSSR count). The number of nitrogens with zero attached hydrogens (tertiary/aromatic N) is 1. The Hall–Kier alpha value is -1.63. The van der Waals surface area contributed by atoms with Crippen LogP contribution in [0.3, 0.4) is 0 Å². The van der Waals surface area contributed by atoms with E-state index in [1.54, 1.807) is 14.2 Å². The van der Waals surface area contributed by atoms with Gasteiger partial charge in [0.05, 0.1) is 26.4 Å². The van der Waals surface area contributed by atoms with Gasteiger partial charge in [-0.3, -0.25) is 4.79 Å². The molecule has 0 spiro atoms. The van der Waals surface area contributed by atoms with Crippen LogP contribution >= 0.6 is 0 Å². The van der Waals surface area contributed by atoms with Crippen molar-refractivity contribution in [1.29, 1.82) is 0 Å². The number of aryl methyl sites for hydroxylation is 1. The third-order valence-corrected chi connectivity index (χ3v) is 5.34. The largest absolute Gasteiger partial charge is 0.497 e. The molecule has 1 aromatic carbocycles. The Balaban J connectivity index is 1.78. The maximum absolute atomic E-state index is 13.3. The lowest BCUT2D eigenvalue weighted by Crippen LogP contribution is -2.48. The van der Waals surface area contributed by atoms with Gasteiger partial charge in [-0.25, -0.2) is 0 Å². The van der Waals surface area contributed by atoms with Crippen molar-refractivity contribution in [3.8, 4) is 5.75 Å². The number of amides is 1. The highest BCUT2D eigenvalue weighted by molar-refractivity contribution is 5.96. The van der Waals surface area contributed by atoms with E-state index in [0.717, 1.165) is 42.6 Å². The number of carbonyl (C=O) groups is 1. The molecule has 1 aliphatic heterocycles. The van der Waals surface area contributed by atoms with E-state index in [-0.39, 0.29) is 24.5 Å². The highest BCUT2D eigenvalue weighted by Crippen LogP contribution is 2.32. The zero-order chi connectivity index (χ0) is 18.5. The van der Waals surface area contributed by atoms with Crippen LogP contribution in [0, 0.1) is 5.92 Å². The van der Waals surface area contributed by atoms with Gasteiger partial charge in [0, 0.05) is 38.3 Å². The number of aliphatic hydroxyl groups excluding tert-OH is 1. The fourth-order valence-corrected chi connectivity index (χ4v) is 4.03. The lowest BCUT2D eigenvalue weighted by molar-refractivity contribution is -0.0376. The van der Waals surface area contributed by atoms with Crippen molar-refractivity contribution in [2.45, 2.75) is 31.8 Å². The molecule has 144 valence electrons. The fraction of sp³-hybridized carbons (Fsp3) is 0.650. The van der Waals surface area contributed by atoms with Gasteiger partial charge in [0.1, 0.15) is 5.75 Å². The van der Waals surface area contributed by atoms with E-state index < -0.39 is 0 Å². The van der Waals surface area contributed by atoms with Gasteiger partial charge in [-0.05, 0) is 48.9 Å². The molecule has 1 aromatic rings. The summed E-state index contributed by atoms with van der Waals surface area (Å²) >= 11 is 0. The second-order valence-electron chi connectivity index (χ2n) is 7.15. The number of likely N-dealkylation sites (tertiary alicyclic amines) is 1. The van der Waals surface area contributed by atoms with Crippen LogP contribution in [0.1, 0.15) is 34.3 Å². The van der Waals surface area contributed by atoms with Crippen LogP contribution in [-0.4, -0.2) is 69.1 Å². The summed E-state index contributed by atoms with van der Waals surface area (Å²) < 4.78 is 16.3. The van der Waals surface area contributed by atoms with Crippen molar-refractivity contribution in [3.05, 3.63) is 28.8 Å². The number of benzene rings is 1. The SMILES string of the molecule is COCCOC1CC(CO)CN(C(=O)c2cc(OC)cc3c2CCC3)C1. The summed E-state index contributed by atoms with van der Waals surface area (Å²) in [6.07, 6.45) is 3.70. The third kappa shape index (κ3) is 4.19. The first-order chi connectivity index (χ1) is 12.7. The highest BCUT2D eigenvalue weighted by atomic mass is 16.5. The maximum atomic E-state index is 13.3. The molecular weight excluding hydrogens is 334 g/mol. The highest BCUT2D eigenvalue weighted by Gasteiger charge is 2.32. The summed E-state index contributed by atoms with van der Waals surface area (Å²) in [5.41, 5.74) is 3.11. The van der Waals surface area contributed by atoms with Crippen LogP contribution in [0.25, 0.3) is 0 Å². The summed E-state index contributed by atoms with van der Waals surface area (Å²) in [6.45, 7) is 2.19. The molecule has 2 aliphatic rings. The van der Waals surface area contributed by atoms with E-state index in [2.05, 4.69) is 0 Å². The summed E-state index contributed by atoms with van der Waals surface area (Å²) in [4.78, 5) is 15.1. The van der Waals surface area contributed by atoms with Gasteiger partial charge in [0.15, 0.2) is 0 Å². The minimum absolute atomic E-state index is 0.0144. The monoisotopic (exact) mass is 363 g/mol. The smallest absolute Gasteiger partial charge is 0.254 e. The van der Waals surface area contributed by atoms with Crippen LogP contribution < -0.4 is 4.74 Å². The number of rotatable bonds is 7. The molecule has 6 heteroatoms. The summed E-state index contributed by atoms with van der Waals surface area (Å²) in [7, 11) is 3.27. The predicted octanol–water partition coefficient (Wildman–Crippen LogP) is 1.67. The number of hydrogen-bond acceptors (Lipinski definition) is 5. The Morgan fingerprint density at radius 3 is 2.81 bits per heavy atom. The second-order valence-corrected chi connectivity index (χ2v) is 7.15. The average molecular weight is 363 g/mol. The molecule has 1 aliphatic carbocycles. The number of carbonyl (C=O) groups excluding carboxylic acids is 1. The van der Waals surface area contributed by atoms with Crippen LogP contribution in [0.2, 0.25) is 0 Å². The standard InChI is InChI=1S/C20H29NO5/c1-24-6-7-26-17-8-14(13-22)11-21(12-17)20(23)19-10-16(25-2)9-15-4-3-5-18(15)19/h9-10,14,17,22H,3-8,11-13H2,1-2H3. The van der Waals surface area contributed by atoms with Gasteiger partial charge in [0.2, 0.25) is 0 Å². The van der Waals surface area contributed by atoms with Crippen molar-refractivity contribution in [2.75, 3.05) is 47.1 Å². The molecule has 1 saturated heterocycles. The first kappa shape index (κ1) is 19.1. The van der Waals surface area contributed by atoms with Gasteiger partial charge in [-0.15, -0.1) is 0 Å². The van der Waals surface area contributed by atoms with Crippen molar-refractivity contribution >= 4 is 5.91 Å². The molecule has 0 aromatic heterocycles. The van der Waals surface area contributed by atoms with Crippen LogP contribution in [0.5, 0.6) is 5.75 Å². The Labute approximate surface area is 155 Å². The van der Waals surface area contributed by atoms with Gasteiger partial charge in [-0.1, -0.05) is 0 Å². The van der Waals surface area contributed by atoms with Crippen molar-refractivity contribution in [3.63, 3.8) is 0 Å². The lowest BCUT2D eigenvalue weighted by atomic mass is 9.94. The van der Waals surface area contributed by atoms with Gasteiger partial charge >= 0.3 is 0 Å². The molecule has 0 radical (unpaired) electrons. The van der Waals surface area contributed by atoms with Crippen LogP contribution in [0.15, 0.2) is 12.1 Å². The fourth-order valence-electron chi connectivity index (χ4n) is 4.03. The predicted molar refractivity (Wildman–Crippen MR) is 97.7 cm³/mol. The van der Waals surface area contributed by atoms with E-state index in [1.165, 1.54) is 5.56 Å². The van der Waals surface area contributed by atoms with E-state index in [4.69, 9.17) is 14.2 Å². The lowest BCUT2D eigenvalue weighted by Gasteiger charge is -2.37. The van der Waals surface area contributed by atoms with E-state index in [0.29, 0.717) is 26.3 Å². The molecule has 0 saturated carbocycles. The summed E-state index contributed by atoms with van der Waals surface area (Å²) in [6, 6.07) is 3.90. The molecule has 1 fully saturated rings. The quantitative estimate of drug-likeness (QED) is 0.747. The van der Waals surface area contributed by atoms with Gasteiger partial charge in [-0.2, -0.15) is 0 Å². The Morgan fingerprint density at radius 2 is 2.08 bits per heavy atom. The molecular formula is C20H29NO5. The molecule has 2 unspecified atom stereocenters. The third-order valence-electron chi connectivity index (χ3n) is 5.34. The normalized spacial score (nSPS) is 22.3. The molecule has 1 amide bonds. The number of methoxy groups -OCH3 is 2. The number of aliphatic hydroxyl groups is 1. The Kier molecular flexibility index (Phi) is 6.51. The summed E-state index contributed by atoms with van der Waals surface area (Å²) in [5, 5.41) is 9.65. The maximum Gasteiger partial charge on any atom is 0.254 e. The van der Waals surface area contributed by atoms with Gasteiger partial charge < -0.3 is 24.2 Å². The minimum atomic E-state index is -0.0707. The zero-order valence-corrected chi connectivity index (χ0v) is 15.7. The van der Waals surface area contributed by atoms with Crippen molar-refractivity contribution in [1.82, 2.24) is 4.90 Å². The molecule has 2 atom stereocenters. The van der Waals surface area contributed by atoms with E-state index in [9.17, 15) is 9.90 Å². The zero-order valence-electron chi connectivity index (χ0n) is 15.7. The summed E-state index contributed by atoms with van der Waals surface area (Å²) in [5.74, 6) is 0.789. The molecule has 6 nitrogen and oxygen atoms in total.